The molecule has 2 aromatic carbocycles. The number of carbonyl (C=O) groups excluding carboxylic acids is 1. The van der Waals surface area contributed by atoms with E-state index >= 15 is 0 Å². The number of methoxy groups -OCH3 is 1. The van der Waals surface area contributed by atoms with E-state index in [0.717, 1.165) is 43.7 Å². The summed E-state index contributed by atoms with van der Waals surface area (Å²) < 4.78 is 5.18. The molecule has 4 heteroatoms. The molecule has 2 N–H and O–H groups in total. The minimum Gasteiger partial charge on any atom is -0.497 e. The van der Waals surface area contributed by atoms with Crippen LogP contribution in [0.4, 0.5) is 0 Å². The van der Waals surface area contributed by atoms with Crippen LogP contribution in [0.5, 0.6) is 5.75 Å². The SMILES string of the molecule is COc1ccc(CCNC(=O)C2(c3ccccc3)CCNCC2)cc1. The summed E-state index contributed by atoms with van der Waals surface area (Å²) in [4.78, 5) is 13.1. The Balaban J connectivity index is 1.64. The first-order chi connectivity index (χ1) is 12.2. The highest BCUT2D eigenvalue weighted by Gasteiger charge is 2.40. The van der Waals surface area contributed by atoms with Gasteiger partial charge in [-0.05, 0) is 55.6 Å². The maximum absolute atomic E-state index is 13.1. The Morgan fingerprint density at radius 2 is 1.76 bits per heavy atom. The second-order valence-electron chi connectivity index (χ2n) is 6.55. The molecular formula is C21H26N2O2. The number of nitrogens with one attached hydrogen (secondary N) is 2. The van der Waals surface area contributed by atoms with Crippen LogP contribution in [-0.4, -0.2) is 32.7 Å². The van der Waals surface area contributed by atoms with Crippen molar-refractivity contribution in [2.75, 3.05) is 26.7 Å². The fourth-order valence-electron chi connectivity index (χ4n) is 3.54. The molecule has 1 aliphatic heterocycles. The summed E-state index contributed by atoms with van der Waals surface area (Å²) >= 11 is 0. The van der Waals surface area contributed by atoms with Gasteiger partial charge in [0.2, 0.25) is 5.91 Å². The molecule has 3 rings (SSSR count). The maximum Gasteiger partial charge on any atom is 0.230 e. The third-order valence-electron chi connectivity index (χ3n) is 5.08. The zero-order valence-electron chi connectivity index (χ0n) is 14.8. The van der Waals surface area contributed by atoms with Gasteiger partial charge in [0.15, 0.2) is 0 Å². The summed E-state index contributed by atoms with van der Waals surface area (Å²) in [5.41, 5.74) is 1.91. The van der Waals surface area contributed by atoms with E-state index in [4.69, 9.17) is 4.74 Å². The molecule has 0 radical (unpaired) electrons. The first-order valence-electron chi connectivity index (χ1n) is 8.92. The van der Waals surface area contributed by atoms with Gasteiger partial charge in [0.05, 0.1) is 12.5 Å². The van der Waals surface area contributed by atoms with Crippen LogP contribution in [0.1, 0.15) is 24.0 Å². The number of amides is 1. The Morgan fingerprint density at radius 1 is 1.08 bits per heavy atom. The predicted molar refractivity (Wildman–Crippen MR) is 99.9 cm³/mol. The summed E-state index contributed by atoms with van der Waals surface area (Å²) in [6.45, 7) is 2.40. The van der Waals surface area contributed by atoms with Gasteiger partial charge < -0.3 is 15.4 Å². The third-order valence-corrected chi connectivity index (χ3v) is 5.08. The smallest absolute Gasteiger partial charge is 0.230 e. The lowest BCUT2D eigenvalue weighted by atomic mass is 9.72. The van der Waals surface area contributed by atoms with Crippen molar-refractivity contribution in [1.29, 1.82) is 0 Å². The van der Waals surface area contributed by atoms with Gasteiger partial charge in [-0.3, -0.25) is 4.79 Å². The molecule has 0 unspecified atom stereocenters. The largest absolute Gasteiger partial charge is 0.497 e. The van der Waals surface area contributed by atoms with E-state index in [1.165, 1.54) is 5.56 Å². The average Bonchev–Trinajstić information content (AvgIpc) is 2.69. The third kappa shape index (κ3) is 4.02. The molecule has 1 heterocycles. The van der Waals surface area contributed by atoms with Crippen LogP contribution in [0.25, 0.3) is 0 Å². The van der Waals surface area contributed by atoms with Crippen LogP contribution < -0.4 is 15.4 Å². The van der Waals surface area contributed by atoms with E-state index in [9.17, 15) is 4.79 Å². The number of carbonyl (C=O) groups is 1. The summed E-state index contributed by atoms with van der Waals surface area (Å²) in [5.74, 6) is 0.999. The summed E-state index contributed by atoms with van der Waals surface area (Å²) in [6, 6.07) is 18.2. The second-order valence-corrected chi connectivity index (χ2v) is 6.55. The predicted octanol–water partition coefficient (Wildman–Crippen LogP) is 2.68. The molecule has 1 saturated heterocycles. The van der Waals surface area contributed by atoms with Gasteiger partial charge >= 0.3 is 0 Å². The molecule has 1 aliphatic rings. The quantitative estimate of drug-likeness (QED) is 0.851. The standard InChI is InChI=1S/C21H26N2O2/c1-25-19-9-7-17(8-10-19)11-14-23-20(24)21(12-15-22-16-13-21)18-5-3-2-4-6-18/h2-10,22H,11-16H2,1H3,(H,23,24). The highest BCUT2D eigenvalue weighted by molar-refractivity contribution is 5.88. The van der Waals surface area contributed by atoms with Crippen LogP contribution >= 0.6 is 0 Å². The van der Waals surface area contributed by atoms with Gasteiger partial charge in [0.1, 0.15) is 5.75 Å². The lowest BCUT2D eigenvalue weighted by molar-refractivity contribution is -0.127. The molecule has 2 aromatic rings. The van der Waals surface area contributed by atoms with Crippen molar-refractivity contribution < 1.29 is 9.53 Å². The first-order valence-corrected chi connectivity index (χ1v) is 8.92. The summed E-state index contributed by atoms with van der Waals surface area (Å²) in [5, 5.41) is 6.54. The monoisotopic (exact) mass is 338 g/mol. The summed E-state index contributed by atoms with van der Waals surface area (Å²) in [6.07, 6.45) is 2.50. The van der Waals surface area contributed by atoms with Crippen molar-refractivity contribution in [2.45, 2.75) is 24.7 Å². The molecule has 0 spiro atoms. The Hall–Kier alpha value is -2.33. The van der Waals surface area contributed by atoms with Crippen molar-refractivity contribution in [1.82, 2.24) is 10.6 Å². The zero-order valence-corrected chi connectivity index (χ0v) is 14.8. The first kappa shape index (κ1) is 17.5. The number of hydrogen-bond acceptors (Lipinski definition) is 3. The highest BCUT2D eigenvalue weighted by Crippen LogP contribution is 2.33. The molecule has 4 nitrogen and oxygen atoms in total. The zero-order chi connectivity index (χ0) is 17.5. The van der Waals surface area contributed by atoms with E-state index in [1.54, 1.807) is 7.11 Å². The highest BCUT2D eigenvalue weighted by atomic mass is 16.5. The van der Waals surface area contributed by atoms with Crippen molar-refractivity contribution in [3.05, 3.63) is 65.7 Å². The molecule has 0 atom stereocenters. The van der Waals surface area contributed by atoms with E-state index in [-0.39, 0.29) is 5.91 Å². The maximum atomic E-state index is 13.1. The Morgan fingerprint density at radius 3 is 2.40 bits per heavy atom. The molecule has 1 amide bonds. The van der Waals surface area contributed by atoms with Crippen molar-refractivity contribution in [3.8, 4) is 5.75 Å². The molecular weight excluding hydrogens is 312 g/mol. The van der Waals surface area contributed by atoms with Crippen LogP contribution in [0, 0.1) is 0 Å². The Kier molecular flexibility index (Phi) is 5.71. The number of benzene rings is 2. The molecule has 0 saturated carbocycles. The fourth-order valence-corrected chi connectivity index (χ4v) is 3.54. The second kappa shape index (κ2) is 8.17. The Labute approximate surface area is 149 Å². The minimum absolute atomic E-state index is 0.147. The van der Waals surface area contributed by atoms with Crippen molar-refractivity contribution in [3.63, 3.8) is 0 Å². The van der Waals surface area contributed by atoms with Gasteiger partial charge in [0.25, 0.3) is 0 Å². The van der Waals surface area contributed by atoms with Gasteiger partial charge in [-0.15, -0.1) is 0 Å². The lowest BCUT2D eigenvalue weighted by Gasteiger charge is -2.36. The molecule has 0 aromatic heterocycles. The van der Waals surface area contributed by atoms with Crippen LogP contribution in [-0.2, 0) is 16.6 Å². The number of hydrogen-bond donors (Lipinski definition) is 2. The Bertz CT molecular complexity index is 677. The van der Waals surface area contributed by atoms with Crippen LogP contribution in [0.15, 0.2) is 54.6 Å². The van der Waals surface area contributed by atoms with Crippen LogP contribution in [0.3, 0.4) is 0 Å². The normalized spacial score (nSPS) is 16.2. The van der Waals surface area contributed by atoms with E-state index in [1.807, 2.05) is 42.5 Å². The van der Waals surface area contributed by atoms with Gasteiger partial charge in [0, 0.05) is 6.54 Å². The van der Waals surface area contributed by atoms with Gasteiger partial charge in [-0.2, -0.15) is 0 Å². The van der Waals surface area contributed by atoms with Crippen molar-refractivity contribution >= 4 is 5.91 Å². The number of piperidine rings is 1. The average molecular weight is 338 g/mol. The van der Waals surface area contributed by atoms with Crippen LogP contribution in [0.2, 0.25) is 0 Å². The fraction of sp³-hybridized carbons (Fsp3) is 0.381. The molecule has 25 heavy (non-hydrogen) atoms. The van der Waals surface area contributed by atoms with Gasteiger partial charge in [-0.25, -0.2) is 0 Å². The topological polar surface area (TPSA) is 50.4 Å². The van der Waals surface area contributed by atoms with E-state index in [2.05, 4.69) is 22.8 Å². The van der Waals surface area contributed by atoms with Crippen molar-refractivity contribution in [2.24, 2.45) is 0 Å². The summed E-state index contributed by atoms with van der Waals surface area (Å²) in [7, 11) is 1.66. The number of rotatable bonds is 6. The molecule has 1 fully saturated rings. The molecule has 0 bridgehead atoms. The minimum atomic E-state index is -0.410. The van der Waals surface area contributed by atoms with E-state index < -0.39 is 5.41 Å². The molecule has 0 aliphatic carbocycles. The molecule has 132 valence electrons. The lowest BCUT2D eigenvalue weighted by Crippen LogP contribution is -2.51. The van der Waals surface area contributed by atoms with Gasteiger partial charge in [-0.1, -0.05) is 42.5 Å². The number of ether oxygens (including phenoxy) is 1. The van der Waals surface area contributed by atoms with E-state index in [0.29, 0.717) is 6.54 Å².